The minimum Gasteiger partial charge on any atom is -0.454 e. The molecule has 3 aromatic rings. The van der Waals surface area contributed by atoms with E-state index in [-0.39, 0.29) is 26.8 Å². The molecule has 1 N–H and O–H groups in total. The van der Waals surface area contributed by atoms with Crippen molar-refractivity contribution in [3.8, 4) is 11.5 Å². The van der Waals surface area contributed by atoms with E-state index in [1.54, 1.807) is 12.1 Å². The highest BCUT2D eigenvalue weighted by Crippen LogP contribution is 2.38. The van der Waals surface area contributed by atoms with E-state index in [2.05, 4.69) is 26.0 Å². The van der Waals surface area contributed by atoms with E-state index >= 15 is 0 Å². The maximum absolute atomic E-state index is 13.3. The van der Waals surface area contributed by atoms with Gasteiger partial charge in [-0.1, -0.05) is 23.2 Å². The lowest BCUT2D eigenvalue weighted by Gasteiger charge is -2.12. The van der Waals surface area contributed by atoms with Crippen LogP contribution in [0.1, 0.15) is 5.56 Å². The van der Waals surface area contributed by atoms with Crippen molar-refractivity contribution < 1.29 is 9.13 Å². The Morgan fingerprint density at radius 1 is 1.19 bits per heavy atom. The highest BCUT2D eigenvalue weighted by atomic mass is 79.9. The SMILES string of the molecule is O=c1cnn(Cc2cc(Cl)c(Oc3ccc(F)c(Br)c3)c(Cl)c2)c(=O)[nH]1. The number of hydrogen-bond donors (Lipinski definition) is 1. The molecule has 0 bridgehead atoms. The van der Waals surface area contributed by atoms with Crippen LogP contribution in [0.4, 0.5) is 4.39 Å². The van der Waals surface area contributed by atoms with Crippen LogP contribution in [0, 0.1) is 5.82 Å². The van der Waals surface area contributed by atoms with Crippen molar-refractivity contribution in [2.24, 2.45) is 0 Å². The van der Waals surface area contributed by atoms with Crippen LogP contribution in [0.3, 0.4) is 0 Å². The molecule has 0 amide bonds. The van der Waals surface area contributed by atoms with Crippen LogP contribution < -0.4 is 16.0 Å². The molecule has 3 rings (SSSR count). The Bertz CT molecular complexity index is 1080. The lowest BCUT2D eigenvalue weighted by Crippen LogP contribution is -2.31. The van der Waals surface area contributed by atoms with Crippen LogP contribution in [0.25, 0.3) is 0 Å². The number of ether oxygens (including phenoxy) is 1. The molecule has 2 aromatic carbocycles. The van der Waals surface area contributed by atoms with Crippen molar-refractivity contribution in [1.82, 2.24) is 14.8 Å². The second kappa shape index (κ2) is 7.61. The van der Waals surface area contributed by atoms with Crippen molar-refractivity contribution in [1.29, 1.82) is 0 Å². The van der Waals surface area contributed by atoms with Gasteiger partial charge in [-0.25, -0.2) is 13.9 Å². The van der Waals surface area contributed by atoms with Crippen molar-refractivity contribution in [2.45, 2.75) is 6.54 Å². The number of halogens is 4. The van der Waals surface area contributed by atoms with E-state index in [0.717, 1.165) is 10.9 Å². The third-order valence-corrected chi connectivity index (χ3v) is 4.45. The largest absolute Gasteiger partial charge is 0.454 e. The number of nitrogens with zero attached hydrogens (tertiary/aromatic N) is 2. The molecule has 6 nitrogen and oxygen atoms in total. The summed E-state index contributed by atoms with van der Waals surface area (Å²) in [6.45, 7) is 0.0530. The van der Waals surface area contributed by atoms with Crippen LogP contribution >= 0.6 is 39.1 Å². The third-order valence-electron chi connectivity index (χ3n) is 3.28. The first-order valence-corrected chi connectivity index (χ1v) is 8.65. The monoisotopic (exact) mass is 459 g/mol. The number of hydrogen-bond acceptors (Lipinski definition) is 4. The number of rotatable bonds is 4. The summed E-state index contributed by atoms with van der Waals surface area (Å²) in [7, 11) is 0. The number of aromatic amines is 1. The van der Waals surface area contributed by atoms with Crippen LogP contribution in [-0.2, 0) is 6.54 Å². The quantitative estimate of drug-likeness (QED) is 0.638. The first kappa shape index (κ1) is 18.6. The average Bonchev–Trinajstić information content (AvgIpc) is 2.57. The Labute approximate surface area is 164 Å². The first-order chi connectivity index (χ1) is 12.3. The number of nitrogens with one attached hydrogen (secondary N) is 1. The summed E-state index contributed by atoms with van der Waals surface area (Å²) in [6.07, 6.45) is 0.995. The summed E-state index contributed by atoms with van der Waals surface area (Å²) in [5.41, 5.74) is -0.660. The van der Waals surface area contributed by atoms with Crippen LogP contribution in [0.2, 0.25) is 10.0 Å². The summed E-state index contributed by atoms with van der Waals surface area (Å²) < 4.78 is 20.2. The standard InChI is InChI=1S/C16H9BrCl2FN3O3/c17-10-5-9(1-2-13(10)20)26-15-11(18)3-8(4-12(15)19)7-23-16(25)22-14(24)6-21-23/h1-6H,7H2,(H,22,24,25). The van der Waals surface area contributed by atoms with Crippen LogP contribution in [0.15, 0.2) is 50.6 Å². The third kappa shape index (κ3) is 4.14. The molecule has 26 heavy (non-hydrogen) atoms. The highest BCUT2D eigenvalue weighted by molar-refractivity contribution is 9.10. The van der Waals surface area contributed by atoms with E-state index in [1.165, 1.54) is 18.2 Å². The van der Waals surface area contributed by atoms with Gasteiger partial charge in [0.15, 0.2) is 5.75 Å². The van der Waals surface area contributed by atoms with E-state index in [0.29, 0.717) is 11.3 Å². The summed E-state index contributed by atoms with van der Waals surface area (Å²) in [4.78, 5) is 24.9. The Morgan fingerprint density at radius 3 is 2.50 bits per heavy atom. The molecule has 0 aliphatic heterocycles. The predicted molar refractivity (Wildman–Crippen MR) is 98.9 cm³/mol. The molecule has 0 saturated heterocycles. The molecule has 0 spiro atoms. The minimum absolute atomic E-state index is 0.0530. The molecule has 0 unspecified atom stereocenters. The Kier molecular flexibility index (Phi) is 5.45. The van der Waals surface area contributed by atoms with Crippen molar-refractivity contribution >= 4 is 39.1 Å². The zero-order chi connectivity index (χ0) is 18.8. The van der Waals surface area contributed by atoms with E-state index in [4.69, 9.17) is 27.9 Å². The molecule has 0 fully saturated rings. The maximum Gasteiger partial charge on any atom is 0.345 e. The summed E-state index contributed by atoms with van der Waals surface area (Å²) in [5, 5.41) is 4.14. The lowest BCUT2D eigenvalue weighted by molar-refractivity contribution is 0.480. The number of benzene rings is 2. The molecule has 1 heterocycles. The Hall–Kier alpha value is -2.16. The molecular weight excluding hydrogens is 452 g/mol. The lowest BCUT2D eigenvalue weighted by atomic mass is 10.2. The Balaban J connectivity index is 1.89. The van der Waals surface area contributed by atoms with Gasteiger partial charge in [-0.15, -0.1) is 0 Å². The topological polar surface area (TPSA) is 77.0 Å². The molecule has 0 atom stereocenters. The second-order valence-corrected chi connectivity index (χ2v) is 6.83. The molecule has 0 radical (unpaired) electrons. The van der Waals surface area contributed by atoms with Gasteiger partial charge in [0.1, 0.15) is 17.8 Å². The highest BCUT2D eigenvalue weighted by Gasteiger charge is 2.13. The molecule has 0 aliphatic rings. The fraction of sp³-hybridized carbons (Fsp3) is 0.0625. The van der Waals surface area contributed by atoms with Gasteiger partial charge in [-0.05, 0) is 51.8 Å². The molecule has 0 aliphatic carbocycles. The normalized spacial score (nSPS) is 10.8. The minimum atomic E-state index is -0.652. The fourth-order valence-corrected chi connectivity index (χ4v) is 3.09. The average molecular weight is 461 g/mol. The second-order valence-electron chi connectivity index (χ2n) is 5.16. The van der Waals surface area contributed by atoms with Crippen LogP contribution in [-0.4, -0.2) is 14.8 Å². The first-order valence-electron chi connectivity index (χ1n) is 7.11. The van der Waals surface area contributed by atoms with Gasteiger partial charge >= 0.3 is 5.69 Å². The Morgan fingerprint density at radius 2 is 1.88 bits per heavy atom. The molecule has 0 saturated carbocycles. The summed E-state index contributed by atoms with van der Waals surface area (Å²) in [5.74, 6) is 0.106. The predicted octanol–water partition coefficient (Wildman–Crippen LogP) is 3.98. The van der Waals surface area contributed by atoms with Crippen molar-refractivity contribution in [3.05, 3.63) is 83.3 Å². The maximum atomic E-state index is 13.3. The van der Waals surface area contributed by atoms with Gasteiger partial charge in [0.25, 0.3) is 5.56 Å². The van der Waals surface area contributed by atoms with Gasteiger partial charge in [0.05, 0.1) is 21.1 Å². The fourth-order valence-electron chi connectivity index (χ4n) is 2.12. The molecule has 134 valence electrons. The van der Waals surface area contributed by atoms with Gasteiger partial charge in [-0.2, -0.15) is 5.10 Å². The molecule has 10 heteroatoms. The zero-order valence-corrected chi connectivity index (χ0v) is 15.9. The summed E-state index contributed by atoms with van der Waals surface area (Å²) >= 11 is 15.5. The van der Waals surface area contributed by atoms with Crippen molar-refractivity contribution in [3.63, 3.8) is 0 Å². The molecular formula is C16H9BrCl2FN3O3. The number of aromatic nitrogens is 3. The number of H-pyrrole nitrogens is 1. The van der Waals surface area contributed by atoms with Crippen molar-refractivity contribution in [2.75, 3.05) is 0 Å². The smallest absolute Gasteiger partial charge is 0.345 e. The van der Waals surface area contributed by atoms with E-state index in [1.807, 2.05) is 0 Å². The summed E-state index contributed by atoms with van der Waals surface area (Å²) in [6, 6.07) is 7.23. The van der Waals surface area contributed by atoms with Gasteiger partial charge < -0.3 is 4.74 Å². The molecule has 1 aromatic heterocycles. The van der Waals surface area contributed by atoms with Crippen LogP contribution in [0.5, 0.6) is 11.5 Å². The zero-order valence-electron chi connectivity index (χ0n) is 12.8. The van der Waals surface area contributed by atoms with Gasteiger partial charge in [0.2, 0.25) is 0 Å². The van der Waals surface area contributed by atoms with Gasteiger partial charge in [-0.3, -0.25) is 9.78 Å². The van der Waals surface area contributed by atoms with Gasteiger partial charge in [0, 0.05) is 0 Å². The van der Waals surface area contributed by atoms with E-state index in [9.17, 15) is 14.0 Å². The van der Waals surface area contributed by atoms with E-state index < -0.39 is 17.1 Å².